The Labute approximate surface area is 87.2 Å². The van der Waals surface area contributed by atoms with Crippen molar-refractivity contribution in [2.24, 2.45) is 17.6 Å². The fraction of sp³-hybridized carbons (Fsp3) is 1.00. The normalized spacial score (nSPS) is 40.3. The summed E-state index contributed by atoms with van der Waals surface area (Å²) < 4.78 is 5.38. The maximum Gasteiger partial charge on any atom is 0.0468 e. The number of rotatable bonds is 2. The van der Waals surface area contributed by atoms with E-state index >= 15 is 0 Å². The molecule has 2 N–H and O–H groups in total. The average Bonchev–Trinajstić information content (AvgIpc) is 2.48. The van der Waals surface area contributed by atoms with Crippen LogP contribution < -0.4 is 5.73 Å². The smallest absolute Gasteiger partial charge is 0.0468 e. The lowest BCUT2D eigenvalue weighted by Crippen LogP contribution is -2.44. The molecular weight excluding hydrogens is 174 g/mol. The zero-order chi connectivity index (χ0) is 10.0. The van der Waals surface area contributed by atoms with Gasteiger partial charge in [-0.15, -0.1) is 0 Å². The lowest BCUT2D eigenvalue weighted by Gasteiger charge is -2.34. The SMILES string of the molecule is CC1CCCC1(N)CC1CCOCC1. The van der Waals surface area contributed by atoms with Crippen LogP contribution >= 0.6 is 0 Å². The molecule has 0 spiro atoms. The van der Waals surface area contributed by atoms with Gasteiger partial charge in [0.05, 0.1) is 0 Å². The molecule has 1 aliphatic heterocycles. The van der Waals surface area contributed by atoms with Gasteiger partial charge < -0.3 is 10.5 Å². The number of hydrogen-bond acceptors (Lipinski definition) is 2. The first-order chi connectivity index (χ1) is 6.71. The van der Waals surface area contributed by atoms with Crippen molar-refractivity contribution in [1.29, 1.82) is 0 Å². The molecule has 2 fully saturated rings. The Morgan fingerprint density at radius 3 is 2.57 bits per heavy atom. The Bertz CT molecular complexity index is 189. The third-order valence-corrected chi connectivity index (χ3v) is 4.27. The van der Waals surface area contributed by atoms with E-state index in [2.05, 4.69) is 6.92 Å². The van der Waals surface area contributed by atoms with E-state index in [0.717, 1.165) is 25.0 Å². The first-order valence-electron chi connectivity index (χ1n) is 6.07. The summed E-state index contributed by atoms with van der Waals surface area (Å²) in [5, 5.41) is 0. The second-order valence-corrected chi connectivity index (χ2v) is 5.29. The summed E-state index contributed by atoms with van der Waals surface area (Å²) in [5.74, 6) is 1.56. The highest BCUT2D eigenvalue weighted by Crippen LogP contribution is 2.39. The van der Waals surface area contributed by atoms with Crippen LogP contribution in [0.4, 0.5) is 0 Å². The molecular formula is C12H23NO. The van der Waals surface area contributed by atoms with Gasteiger partial charge >= 0.3 is 0 Å². The molecule has 0 bridgehead atoms. The zero-order valence-electron chi connectivity index (χ0n) is 9.30. The van der Waals surface area contributed by atoms with Crippen molar-refractivity contribution in [3.8, 4) is 0 Å². The summed E-state index contributed by atoms with van der Waals surface area (Å²) in [5.41, 5.74) is 6.65. The van der Waals surface area contributed by atoms with Gasteiger partial charge in [0.2, 0.25) is 0 Å². The molecule has 0 radical (unpaired) electrons. The van der Waals surface area contributed by atoms with Crippen LogP contribution in [-0.4, -0.2) is 18.8 Å². The Balaban J connectivity index is 1.88. The molecule has 2 atom stereocenters. The van der Waals surface area contributed by atoms with Crippen LogP contribution in [0.15, 0.2) is 0 Å². The zero-order valence-corrected chi connectivity index (χ0v) is 9.30. The third kappa shape index (κ3) is 2.12. The molecule has 1 heterocycles. The van der Waals surface area contributed by atoms with E-state index in [1.165, 1.54) is 38.5 Å². The van der Waals surface area contributed by atoms with Gasteiger partial charge in [-0.2, -0.15) is 0 Å². The standard InChI is InChI=1S/C12H23NO/c1-10-3-2-6-12(10,13)9-11-4-7-14-8-5-11/h10-11H,2-9,13H2,1H3. The molecule has 2 aliphatic rings. The minimum Gasteiger partial charge on any atom is -0.381 e. The summed E-state index contributed by atoms with van der Waals surface area (Å²) in [6.07, 6.45) is 7.60. The van der Waals surface area contributed by atoms with E-state index < -0.39 is 0 Å². The van der Waals surface area contributed by atoms with E-state index in [1.807, 2.05) is 0 Å². The third-order valence-electron chi connectivity index (χ3n) is 4.27. The van der Waals surface area contributed by atoms with Crippen molar-refractivity contribution in [2.45, 2.75) is 51.0 Å². The molecule has 1 saturated carbocycles. The summed E-state index contributed by atoms with van der Waals surface area (Å²) in [6.45, 7) is 4.23. The lowest BCUT2D eigenvalue weighted by molar-refractivity contribution is 0.0534. The van der Waals surface area contributed by atoms with Crippen molar-refractivity contribution in [3.05, 3.63) is 0 Å². The molecule has 2 rings (SSSR count). The molecule has 0 aromatic rings. The van der Waals surface area contributed by atoms with Crippen molar-refractivity contribution in [1.82, 2.24) is 0 Å². The highest BCUT2D eigenvalue weighted by molar-refractivity contribution is 4.96. The molecule has 1 saturated heterocycles. The summed E-state index contributed by atoms with van der Waals surface area (Å²) in [7, 11) is 0. The Morgan fingerprint density at radius 2 is 2.00 bits per heavy atom. The molecule has 0 aromatic heterocycles. The van der Waals surface area contributed by atoms with Crippen LogP contribution in [0.25, 0.3) is 0 Å². The fourth-order valence-corrected chi connectivity index (χ4v) is 3.06. The second kappa shape index (κ2) is 4.19. The van der Waals surface area contributed by atoms with Crippen LogP contribution in [0.3, 0.4) is 0 Å². The Morgan fingerprint density at radius 1 is 1.29 bits per heavy atom. The number of nitrogens with two attached hydrogens (primary N) is 1. The summed E-state index contributed by atoms with van der Waals surface area (Å²) in [4.78, 5) is 0. The maximum atomic E-state index is 6.49. The molecule has 0 amide bonds. The minimum absolute atomic E-state index is 0.155. The van der Waals surface area contributed by atoms with Crippen molar-refractivity contribution >= 4 is 0 Å². The molecule has 82 valence electrons. The maximum absolute atomic E-state index is 6.49. The van der Waals surface area contributed by atoms with Gasteiger partial charge in [-0.3, -0.25) is 0 Å². The minimum atomic E-state index is 0.155. The molecule has 14 heavy (non-hydrogen) atoms. The number of hydrogen-bond donors (Lipinski definition) is 1. The van der Waals surface area contributed by atoms with Gasteiger partial charge in [0.25, 0.3) is 0 Å². The van der Waals surface area contributed by atoms with Crippen molar-refractivity contribution in [2.75, 3.05) is 13.2 Å². The molecule has 1 aliphatic carbocycles. The van der Waals surface area contributed by atoms with Crippen LogP contribution in [0, 0.1) is 11.8 Å². The Hall–Kier alpha value is -0.0800. The predicted molar refractivity (Wildman–Crippen MR) is 58.1 cm³/mol. The molecule has 2 unspecified atom stereocenters. The molecule has 2 nitrogen and oxygen atoms in total. The van der Waals surface area contributed by atoms with Gasteiger partial charge in [-0.05, 0) is 43.9 Å². The largest absolute Gasteiger partial charge is 0.381 e. The van der Waals surface area contributed by atoms with E-state index in [1.54, 1.807) is 0 Å². The van der Waals surface area contributed by atoms with Gasteiger partial charge in [-0.25, -0.2) is 0 Å². The number of ether oxygens (including phenoxy) is 1. The fourth-order valence-electron chi connectivity index (χ4n) is 3.06. The van der Waals surface area contributed by atoms with E-state index in [9.17, 15) is 0 Å². The Kier molecular flexibility index (Phi) is 3.13. The van der Waals surface area contributed by atoms with Gasteiger partial charge in [0.15, 0.2) is 0 Å². The second-order valence-electron chi connectivity index (χ2n) is 5.29. The molecule has 2 heteroatoms. The highest BCUT2D eigenvalue weighted by atomic mass is 16.5. The van der Waals surface area contributed by atoms with E-state index in [-0.39, 0.29) is 5.54 Å². The van der Waals surface area contributed by atoms with Gasteiger partial charge in [0, 0.05) is 18.8 Å². The lowest BCUT2D eigenvalue weighted by atomic mass is 9.78. The van der Waals surface area contributed by atoms with Gasteiger partial charge in [0.1, 0.15) is 0 Å². The molecule has 0 aromatic carbocycles. The van der Waals surface area contributed by atoms with Crippen LogP contribution in [0.1, 0.15) is 45.4 Å². The quantitative estimate of drug-likeness (QED) is 0.737. The highest BCUT2D eigenvalue weighted by Gasteiger charge is 2.38. The van der Waals surface area contributed by atoms with E-state index in [4.69, 9.17) is 10.5 Å². The predicted octanol–water partition coefficient (Wildman–Crippen LogP) is 2.32. The van der Waals surface area contributed by atoms with Crippen LogP contribution in [-0.2, 0) is 4.74 Å². The van der Waals surface area contributed by atoms with Crippen molar-refractivity contribution in [3.63, 3.8) is 0 Å². The monoisotopic (exact) mass is 197 g/mol. The summed E-state index contributed by atoms with van der Waals surface area (Å²) in [6, 6.07) is 0. The van der Waals surface area contributed by atoms with Crippen molar-refractivity contribution < 1.29 is 4.74 Å². The topological polar surface area (TPSA) is 35.2 Å². The van der Waals surface area contributed by atoms with Gasteiger partial charge in [-0.1, -0.05) is 13.3 Å². The summed E-state index contributed by atoms with van der Waals surface area (Å²) >= 11 is 0. The average molecular weight is 197 g/mol. The first kappa shape index (κ1) is 10.4. The first-order valence-corrected chi connectivity index (χ1v) is 6.07. The van der Waals surface area contributed by atoms with E-state index in [0.29, 0.717) is 0 Å². The van der Waals surface area contributed by atoms with Crippen LogP contribution in [0.5, 0.6) is 0 Å². The van der Waals surface area contributed by atoms with Crippen LogP contribution in [0.2, 0.25) is 0 Å².